The van der Waals surface area contributed by atoms with E-state index in [4.69, 9.17) is 0 Å². The van der Waals surface area contributed by atoms with E-state index in [1.807, 2.05) is 0 Å². The summed E-state index contributed by atoms with van der Waals surface area (Å²) in [6.07, 6.45) is 4.95. The van der Waals surface area contributed by atoms with E-state index in [-0.39, 0.29) is 18.2 Å². The molecule has 1 aromatic heterocycles. The number of benzene rings is 1. The second kappa shape index (κ2) is 6.94. The minimum atomic E-state index is -0.375. The molecule has 0 saturated heterocycles. The van der Waals surface area contributed by atoms with Crippen LogP contribution in [0.15, 0.2) is 42.3 Å². The molecule has 21 heavy (non-hydrogen) atoms. The number of aromatic nitrogens is 4. The normalized spacial score (nSPS) is 10.7. The van der Waals surface area contributed by atoms with Crippen LogP contribution >= 0.6 is 0 Å². The number of allylic oxidation sites excluding steroid dienone is 1. The highest BCUT2D eigenvalue weighted by atomic mass is 16.3. The number of rotatable bonds is 6. The summed E-state index contributed by atoms with van der Waals surface area (Å²) in [4.78, 5) is 11.5. The Hall–Kier alpha value is -3.03. The number of phenolic OH excluding ortho intramolecular Hbond substituents is 1. The lowest BCUT2D eigenvalue weighted by molar-refractivity contribution is -0.121. The van der Waals surface area contributed by atoms with E-state index in [1.165, 1.54) is 17.2 Å². The van der Waals surface area contributed by atoms with E-state index in [2.05, 4.69) is 32.6 Å². The van der Waals surface area contributed by atoms with Crippen molar-refractivity contribution in [3.05, 3.63) is 48.3 Å². The number of hydrogen-bond acceptors (Lipinski definition) is 6. The number of hydrazone groups is 1. The first kappa shape index (κ1) is 14.4. The van der Waals surface area contributed by atoms with Gasteiger partial charge in [0.25, 0.3) is 5.91 Å². The molecule has 2 rings (SSSR count). The molecule has 1 heterocycles. The second-order valence-corrected chi connectivity index (χ2v) is 4.15. The zero-order chi connectivity index (χ0) is 15.1. The third kappa shape index (κ3) is 3.96. The van der Waals surface area contributed by atoms with Crippen LogP contribution in [-0.2, 0) is 17.8 Å². The molecule has 0 aliphatic rings. The van der Waals surface area contributed by atoms with Gasteiger partial charge in [0.1, 0.15) is 18.6 Å². The van der Waals surface area contributed by atoms with Gasteiger partial charge in [0.2, 0.25) is 0 Å². The molecule has 0 spiro atoms. The minimum absolute atomic E-state index is 0.0349. The van der Waals surface area contributed by atoms with Crippen LogP contribution in [0.25, 0.3) is 0 Å². The second-order valence-electron chi connectivity index (χ2n) is 4.15. The molecule has 0 aliphatic carbocycles. The molecular weight excluding hydrogens is 272 g/mol. The predicted octanol–water partition coefficient (Wildman–Crippen LogP) is 0.257. The molecule has 0 unspecified atom stereocenters. The van der Waals surface area contributed by atoms with Gasteiger partial charge in [-0.25, -0.2) is 10.1 Å². The SMILES string of the molecule is C=CCc1cccc(/C=N\NC(=O)Cn2cnnn2)c1O. The Labute approximate surface area is 120 Å². The standard InChI is InChI=1S/C13H14N6O2/c1-2-4-10-5-3-6-11(13(10)21)7-14-16-12(20)8-19-9-15-17-18-19/h2-3,5-7,9,21H,1,4,8H2,(H,16,20)/b14-7-. The molecule has 0 radical (unpaired) electrons. The summed E-state index contributed by atoms with van der Waals surface area (Å²) < 4.78 is 1.27. The fourth-order valence-electron chi connectivity index (χ4n) is 1.64. The van der Waals surface area contributed by atoms with Crippen molar-refractivity contribution in [2.24, 2.45) is 5.10 Å². The molecule has 0 aliphatic heterocycles. The third-order valence-corrected chi connectivity index (χ3v) is 2.60. The van der Waals surface area contributed by atoms with Crippen molar-refractivity contribution in [2.75, 3.05) is 0 Å². The molecule has 1 aromatic carbocycles. The van der Waals surface area contributed by atoms with Crippen molar-refractivity contribution in [3.8, 4) is 5.75 Å². The zero-order valence-corrected chi connectivity index (χ0v) is 11.2. The molecule has 8 heteroatoms. The van der Waals surface area contributed by atoms with Gasteiger partial charge in [-0.1, -0.05) is 18.2 Å². The predicted molar refractivity (Wildman–Crippen MR) is 75.6 cm³/mol. The number of tetrazole rings is 1. The molecule has 0 saturated carbocycles. The molecule has 0 atom stereocenters. The van der Waals surface area contributed by atoms with Crippen molar-refractivity contribution >= 4 is 12.1 Å². The first-order valence-electron chi connectivity index (χ1n) is 6.15. The number of phenols is 1. The molecule has 2 aromatic rings. The number of carbonyl (C=O) groups excluding carboxylic acids is 1. The number of para-hydroxylation sites is 1. The van der Waals surface area contributed by atoms with E-state index < -0.39 is 0 Å². The third-order valence-electron chi connectivity index (χ3n) is 2.60. The van der Waals surface area contributed by atoms with Gasteiger partial charge in [-0.15, -0.1) is 11.7 Å². The first-order valence-corrected chi connectivity index (χ1v) is 6.15. The van der Waals surface area contributed by atoms with Crippen molar-refractivity contribution in [2.45, 2.75) is 13.0 Å². The summed E-state index contributed by atoms with van der Waals surface area (Å²) in [6, 6.07) is 5.28. The summed E-state index contributed by atoms with van der Waals surface area (Å²) in [5.41, 5.74) is 3.59. The Bertz CT molecular complexity index is 651. The van der Waals surface area contributed by atoms with Gasteiger partial charge >= 0.3 is 0 Å². The molecule has 1 amide bonds. The van der Waals surface area contributed by atoms with Crippen molar-refractivity contribution in [1.29, 1.82) is 0 Å². The molecule has 8 nitrogen and oxygen atoms in total. The summed E-state index contributed by atoms with van der Waals surface area (Å²) >= 11 is 0. The number of aromatic hydroxyl groups is 1. The number of amides is 1. The lowest BCUT2D eigenvalue weighted by Gasteiger charge is -2.04. The first-order chi connectivity index (χ1) is 10.2. The Morgan fingerprint density at radius 2 is 2.38 bits per heavy atom. The Kier molecular flexibility index (Phi) is 4.75. The summed E-state index contributed by atoms with van der Waals surface area (Å²) in [6.45, 7) is 3.59. The zero-order valence-electron chi connectivity index (χ0n) is 11.2. The van der Waals surface area contributed by atoms with Crippen LogP contribution in [0.5, 0.6) is 5.75 Å². The summed E-state index contributed by atoms with van der Waals surface area (Å²) in [5, 5.41) is 24.2. The maximum atomic E-state index is 11.5. The summed E-state index contributed by atoms with van der Waals surface area (Å²) in [7, 11) is 0. The number of carbonyl (C=O) groups is 1. The van der Waals surface area contributed by atoms with Gasteiger partial charge in [0, 0.05) is 5.56 Å². The quantitative estimate of drug-likeness (QED) is 0.450. The Morgan fingerprint density at radius 3 is 3.10 bits per heavy atom. The number of hydrogen-bond donors (Lipinski definition) is 2. The van der Waals surface area contributed by atoms with E-state index in [0.717, 1.165) is 5.56 Å². The lowest BCUT2D eigenvalue weighted by Crippen LogP contribution is -2.23. The Balaban J connectivity index is 1.96. The van der Waals surface area contributed by atoms with Gasteiger partial charge < -0.3 is 5.11 Å². The molecule has 108 valence electrons. The highest BCUT2D eigenvalue weighted by Crippen LogP contribution is 2.21. The fraction of sp³-hybridized carbons (Fsp3) is 0.154. The van der Waals surface area contributed by atoms with Crippen LogP contribution < -0.4 is 5.43 Å². The van der Waals surface area contributed by atoms with Gasteiger partial charge in [-0.05, 0) is 28.5 Å². The van der Waals surface area contributed by atoms with Gasteiger partial charge in [0.15, 0.2) is 0 Å². The average molecular weight is 286 g/mol. The van der Waals surface area contributed by atoms with Crippen LogP contribution in [0.4, 0.5) is 0 Å². The molecule has 0 bridgehead atoms. The maximum Gasteiger partial charge on any atom is 0.261 e. The average Bonchev–Trinajstić information content (AvgIpc) is 2.96. The topological polar surface area (TPSA) is 105 Å². The van der Waals surface area contributed by atoms with Gasteiger partial charge in [-0.2, -0.15) is 5.10 Å². The Morgan fingerprint density at radius 1 is 1.52 bits per heavy atom. The summed E-state index contributed by atoms with van der Waals surface area (Å²) in [5.74, 6) is -0.254. The number of nitrogens with zero attached hydrogens (tertiary/aromatic N) is 5. The van der Waals surface area contributed by atoms with Crippen molar-refractivity contribution in [3.63, 3.8) is 0 Å². The van der Waals surface area contributed by atoms with Crippen LogP contribution in [0.1, 0.15) is 11.1 Å². The molecule has 2 N–H and O–H groups in total. The van der Waals surface area contributed by atoms with Crippen LogP contribution in [0.2, 0.25) is 0 Å². The highest BCUT2D eigenvalue weighted by Gasteiger charge is 2.05. The van der Waals surface area contributed by atoms with Crippen LogP contribution in [0.3, 0.4) is 0 Å². The van der Waals surface area contributed by atoms with Gasteiger partial charge in [0.05, 0.1) is 6.21 Å². The monoisotopic (exact) mass is 286 g/mol. The lowest BCUT2D eigenvalue weighted by atomic mass is 10.1. The van der Waals surface area contributed by atoms with Crippen LogP contribution in [-0.4, -0.2) is 37.4 Å². The number of nitrogens with one attached hydrogen (secondary N) is 1. The molecular formula is C13H14N6O2. The van der Waals surface area contributed by atoms with Crippen molar-refractivity contribution < 1.29 is 9.90 Å². The van der Waals surface area contributed by atoms with Gasteiger partial charge in [-0.3, -0.25) is 4.79 Å². The van der Waals surface area contributed by atoms with E-state index in [9.17, 15) is 9.90 Å². The van der Waals surface area contributed by atoms with E-state index >= 15 is 0 Å². The molecule has 0 fully saturated rings. The largest absolute Gasteiger partial charge is 0.507 e. The highest BCUT2D eigenvalue weighted by molar-refractivity contribution is 5.85. The smallest absolute Gasteiger partial charge is 0.261 e. The van der Waals surface area contributed by atoms with E-state index in [1.54, 1.807) is 24.3 Å². The van der Waals surface area contributed by atoms with Crippen LogP contribution in [0, 0.1) is 0 Å². The van der Waals surface area contributed by atoms with Crippen molar-refractivity contribution in [1.82, 2.24) is 25.6 Å². The van der Waals surface area contributed by atoms with E-state index in [0.29, 0.717) is 12.0 Å². The minimum Gasteiger partial charge on any atom is -0.507 e. The fourth-order valence-corrected chi connectivity index (χ4v) is 1.64. The maximum absolute atomic E-state index is 11.5.